The average Bonchev–Trinajstić information content (AvgIpc) is 2.69. The van der Waals surface area contributed by atoms with Crippen LogP contribution < -0.4 is 20.9 Å². The summed E-state index contributed by atoms with van der Waals surface area (Å²) < 4.78 is 6.60. The van der Waals surface area contributed by atoms with Crippen LogP contribution in [0.3, 0.4) is 0 Å². The van der Waals surface area contributed by atoms with Crippen molar-refractivity contribution in [3.05, 3.63) is 59.1 Å². The summed E-state index contributed by atoms with van der Waals surface area (Å²) in [6, 6.07) is 12.6. The molecule has 0 radical (unpaired) electrons. The maximum absolute atomic E-state index is 12.1. The number of hydrogen-bond donors (Lipinski definition) is 2. The molecule has 3 rings (SSSR count). The van der Waals surface area contributed by atoms with E-state index in [2.05, 4.69) is 25.7 Å². The molecule has 1 aromatic carbocycles. The van der Waals surface area contributed by atoms with Crippen LogP contribution in [0.25, 0.3) is 11.3 Å². The Labute approximate surface area is 150 Å². The van der Waals surface area contributed by atoms with Crippen LogP contribution in [0, 0.1) is 0 Å². The normalized spacial score (nSPS) is 10.4. The molecule has 0 saturated heterocycles. The van der Waals surface area contributed by atoms with Gasteiger partial charge in [0.05, 0.1) is 19.3 Å². The molecule has 26 heavy (non-hydrogen) atoms. The van der Waals surface area contributed by atoms with E-state index in [9.17, 15) is 4.79 Å². The summed E-state index contributed by atoms with van der Waals surface area (Å²) in [7, 11) is 3.41. The first-order valence-electron chi connectivity index (χ1n) is 8.16. The lowest BCUT2D eigenvalue weighted by Crippen LogP contribution is -2.25. The number of rotatable bonds is 7. The molecule has 8 nitrogen and oxygen atoms in total. The fourth-order valence-corrected chi connectivity index (χ4v) is 2.41. The number of nitrogens with one attached hydrogen (secondary N) is 2. The van der Waals surface area contributed by atoms with Gasteiger partial charge in [0.25, 0.3) is 5.56 Å². The molecule has 2 aromatic heterocycles. The van der Waals surface area contributed by atoms with Crippen molar-refractivity contribution in [2.75, 3.05) is 31.3 Å². The molecule has 0 fully saturated rings. The number of hydrogen-bond acceptors (Lipinski definition) is 7. The Morgan fingerprint density at radius 2 is 1.85 bits per heavy atom. The Hall–Kier alpha value is -3.42. The van der Waals surface area contributed by atoms with Gasteiger partial charge in [-0.05, 0) is 30.3 Å². The van der Waals surface area contributed by atoms with E-state index in [1.165, 1.54) is 17.1 Å². The first-order chi connectivity index (χ1) is 12.7. The molecular weight excluding hydrogens is 332 g/mol. The van der Waals surface area contributed by atoms with Crippen molar-refractivity contribution in [2.24, 2.45) is 0 Å². The first kappa shape index (κ1) is 17.4. The molecule has 0 unspecified atom stereocenters. The second-order valence-corrected chi connectivity index (χ2v) is 5.47. The number of methoxy groups -OCH3 is 1. The van der Waals surface area contributed by atoms with Gasteiger partial charge in [0.1, 0.15) is 23.7 Å². The predicted molar refractivity (Wildman–Crippen MR) is 101 cm³/mol. The molecular formula is C18H20N6O2. The minimum absolute atomic E-state index is 0.150. The van der Waals surface area contributed by atoms with Gasteiger partial charge < -0.3 is 15.4 Å². The van der Waals surface area contributed by atoms with Crippen LogP contribution in [-0.2, 0) is 6.54 Å². The Bertz CT molecular complexity index is 923. The fraction of sp³-hybridized carbons (Fsp3) is 0.222. The maximum atomic E-state index is 12.1. The molecule has 0 aliphatic rings. The topological polar surface area (TPSA) is 94.0 Å². The molecule has 0 aliphatic heterocycles. The van der Waals surface area contributed by atoms with Gasteiger partial charge >= 0.3 is 0 Å². The molecule has 0 amide bonds. The third-order valence-corrected chi connectivity index (χ3v) is 3.81. The summed E-state index contributed by atoms with van der Waals surface area (Å²) in [5.74, 6) is 2.18. The zero-order valence-electron chi connectivity index (χ0n) is 14.6. The first-order valence-corrected chi connectivity index (χ1v) is 8.16. The van der Waals surface area contributed by atoms with Crippen molar-refractivity contribution in [1.82, 2.24) is 19.7 Å². The van der Waals surface area contributed by atoms with Crippen molar-refractivity contribution >= 4 is 11.6 Å². The highest BCUT2D eigenvalue weighted by Gasteiger charge is 2.04. The predicted octanol–water partition coefficient (Wildman–Crippen LogP) is 1.86. The smallest absolute Gasteiger partial charge is 0.266 e. The van der Waals surface area contributed by atoms with E-state index in [4.69, 9.17) is 4.74 Å². The van der Waals surface area contributed by atoms with Gasteiger partial charge in [0.15, 0.2) is 0 Å². The standard InChI is InChI=1S/C18H20N6O2/c1-19-16-11-17(22-12-21-16)20-9-10-24-18(25)8-7-15(23-24)13-3-5-14(26-2)6-4-13/h3-8,11-12H,9-10H2,1-2H3,(H2,19,20,21,22). The molecule has 134 valence electrons. The monoisotopic (exact) mass is 352 g/mol. The third-order valence-electron chi connectivity index (χ3n) is 3.81. The lowest BCUT2D eigenvalue weighted by atomic mass is 10.1. The van der Waals surface area contributed by atoms with Gasteiger partial charge in [-0.25, -0.2) is 14.6 Å². The van der Waals surface area contributed by atoms with Crippen LogP contribution in [-0.4, -0.2) is 40.5 Å². The van der Waals surface area contributed by atoms with Crippen LogP contribution in [0.2, 0.25) is 0 Å². The second kappa shape index (κ2) is 8.11. The summed E-state index contributed by atoms with van der Waals surface area (Å²) in [5, 5.41) is 10.6. The molecule has 0 spiro atoms. The molecule has 0 saturated carbocycles. The van der Waals surface area contributed by atoms with Gasteiger partial charge in [0.2, 0.25) is 0 Å². The zero-order chi connectivity index (χ0) is 18.4. The van der Waals surface area contributed by atoms with Crippen molar-refractivity contribution in [1.29, 1.82) is 0 Å². The Morgan fingerprint density at radius 1 is 1.08 bits per heavy atom. The lowest BCUT2D eigenvalue weighted by molar-refractivity contribution is 0.415. The minimum Gasteiger partial charge on any atom is -0.497 e. The molecule has 2 heterocycles. The molecule has 0 aliphatic carbocycles. The molecule has 0 bridgehead atoms. The highest BCUT2D eigenvalue weighted by atomic mass is 16.5. The lowest BCUT2D eigenvalue weighted by Gasteiger charge is -2.09. The van der Waals surface area contributed by atoms with E-state index >= 15 is 0 Å². The maximum Gasteiger partial charge on any atom is 0.266 e. The average molecular weight is 352 g/mol. The number of nitrogens with zero attached hydrogens (tertiary/aromatic N) is 4. The second-order valence-electron chi connectivity index (χ2n) is 5.47. The quantitative estimate of drug-likeness (QED) is 0.670. The number of ether oxygens (including phenoxy) is 1. The van der Waals surface area contributed by atoms with E-state index < -0.39 is 0 Å². The fourth-order valence-electron chi connectivity index (χ4n) is 2.41. The molecule has 8 heteroatoms. The largest absolute Gasteiger partial charge is 0.497 e. The number of aromatic nitrogens is 4. The van der Waals surface area contributed by atoms with E-state index in [0.29, 0.717) is 18.9 Å². The van der Waals surface area contributed by atoms with E-state index in [1.54, 1.807) is 26.3 Å². The van der Waals surface area contributed by atoms with E-state index in [-0.39, 0.29) is 5.56 Å². The Balaban J connectivity index is 1.70. The summed E-state index contributed by atoms with van der Waals surface area (Å²) >= 11 is 0. The van der Waals surface area contributed by atoms with Crippen LogP contribution >= 0.6 is 0 Å². The summed E-state index contributed by atoms with van der Waals surface area (Å²) in [6.45, 7) is 0.931. The summed E-state index contributed by atoms with van der Waals surface area (Å²) in [5.41, 5.74) is 1.50. The van der Waals surface area contributed by atoms with Gasteiger partial charge in [0, 0.05) is 31.3 Å². The number of benzene rings is 1. The van der Waals surface area contributed by atoms with Crippen molar-refractivity contribution < 1.29 is 4.74 Å². The van der Waals surface area contributed by atoms with Crippen LogP contribution in [0.1, 0.15) is 0 Å². The van der Waals surface area contributed by atoms with Crippen molar-refractivity contribution in [3.8, 4) is 17.0 Å². The highest BCUT2D eigenvalue weighted by Crippen LogP contribution is 2.19. The highest BCUT2D eigenvalue weighted by molar-refractivity contribution is 5.59. The molecule has 0 atom stereocenters. The van der Waals surface area contributed by atoms with Gasteiger partial charge in [-0.15, -0.1) is 0 Å². The van der Waals surface area contributed by atoms with Gasteiger partial charge in [-0.3, -0.25) is 4.79 Å². The van der Waals surface area contributed by atoms with Crippen molar-refractivity contribution in [3.63, 3.8) is 0 Å². The summed E-state index contributed by atoms with van der Waals surface area (Å²) in [4.78, 5) is 20.3. The van der Waals surface area contributed by atoms with Crippen molar-refractivity contribution in [2.45, 2.75) is 6.54 Å². The van der Waals surface area contributed by atoms with Gasteiger partial charge in [-0.2, -0.15) is 5.10 Å². The van der Waals surface area contributed by atoms with Gasteiger partial charge in [-0.1, -0.05) is 0 Å². The summed E-state index contributed by atoms with van der Waals surface area (Å²) in [6.07, 6.45) is 1.48. The Kier molecular flexibility index (Phi) is 5.43. The Morgan fingerprint density at radius 3 is 2.58 bits per heavy atom. The third kappa shape index (κ3) is 4.15. The van der Waals surface area contributed by atoms with Crippen LogP contribution in [0.5, 0.6) is 5.75 Å². The molecule has 3 aromatic rings. The van der Waals surface area contributed by atoms with Crippen LogP contribution in [0.4, 0.5) is 11.6 Å². The molecule has 2 N–H and O–H groups in total. The van der Waals surface area contributed by atoms with Crippen LogP contribution in [0.15, 0.2) is 53.6 Å². The van der Waals surface area contributed by atoms with E-state index in [1.807, 2.05) is 24.3 Å². The minimum atomic E-state index is -0.150. The zero-order valence-corrected chi connectivity index (χ0v) is 14.6. The number of anilines is 2. The SMILES string of the molecule is CNc1cc(NCCn2nc(-c3ccc(OC)cc3)ccc2=O)ncn1. The van der Waals surface area contributed by atoms with E-state index in [0.717, 1.165) is 22.8 Å².